The van der Waals surface area contributed by atoms with Gasteiger partial charge in [-0.05, 0) is 26.0 Å². The molecular weight excluding hydrogens is 178 g/mol. The molecule has 0 aliphatic carbocycles. The second-order valence-corrected chi connectivity index (χ2v) is 3.05. The number of esters is 1. The highest BCUT2D eigenvalue weighted by molar-refractivity contribution is 5.89. The summed E-state index contributed by atoms with van der Waals surface area (Å²) in [6.07, 6.45) is -0.706. The third-order valence-corrected chi connectivity index (χ3v) is 1.72. The minimum absolute atomic E-state index is 0.456. The van der Waals surface area contributed by atoms with Gasteiger partial charge in [0.25, 0.3) is 0 Å². The minimum atomic E-state index is -0.706. The third-order valence-electron chi connectivity index (χ3n) is 1.72. The molecule has 1 rings (SSSR count). The van der Waals surface area contributed by atoms with Gasteiger partial charge < -0.3 is 4.74 Å². The average Bonchev–Trinajstić information content (AvgIpc) is 2.17. The first kappa shape index (κ1) is 10.3. The van der Waals surface area contributed by atoms with E-state index in [-0.39, 0.29) is 0 Å². The highest BCUT2D eigenvalue weighted by Gasteiger charge is 2.10. The lowest BCUT2D eigenvalue weighted by Crippen LogP contribution is -2.12. The largest absolute Gasteiger partial charge is 0.444 e. The summed E-state index contributed by atoms with van der Waals surface area (Å²) in [5, 5.41) is 8.46. The molecule has 72 valence electrons. The summed E-state index contributed by atoms with van der Waals surface area (Å²) in [5.41, 5.74) is 1.47. The Morgan fingerprint density at radius 2 is 2.29 bits per heavy atom. The van der Waals surface area contributed by atoms with Gasteiger partial charge in [-0.1, -0.05) is 17.7 Å². The van der Waals surface area contributed by atoms with Crippen LogP contribution in [0.2, 0.25) is 0 Å². The molecule has 0 aliphatic heterocycles. The number of hydrogen-bond acceptors (Lipinski definition) is 3. The van der Waals surface area contributed by atoms with Gasteiger partial charge in [-0.25, -0.2) is 4.79 Å². The first-order valence-corrected chi connectivity index (χ1v) is 4.30. The molecule has 0 radical (unpaired) electrons. The van der Waals surface area contributed by atoms with Crippen LogP contribution in [0.4, 0.5) is 0 Å². The van der Waals surface area contributed by atoms with Crippen molar-refractivity contribution in [2.45, 2.75) is 20.0 Å². The predicted octanol–water partition coefficient (Wildman–Crippen LogP) is 2.06. The molecular formula is C11H11NO2. The highest BCUT2D eigenvalue weighted by atomic mass is 16.5. The number of aryl methyl sites for hydroxylation is 1. The number of ether oxygens (including phenoxy) is 1. The van der Waals surface area contributed by atoms with Crippen molar-refractivity contribution >= 4 is 5.97 Å². The number of carbonyl (C=O) groups is 1. The van der Waals surface area contributed by atoms with Crippen LogP contribution in [0.25, 0.3) is 0 Å². The van der Waals surface area contributed by atoms with Crippen molar-refractivity contribution in [3.05, 3.63) is 35.4 Å². The normalized spacial score (nSPS) is 11.5. The molecule has 0 saturated heterocycles. The van der Waals surface area contributed by atoms with E-state index in [0.29, 0.717) is 5.56 Å². The van der Waals surface area contributed by atoms with Gasteiger partial charge in [0.2, 0.25) is 0 Å². The number of nitriles is 1. The topological polar surface area (TPSA) is 50.1 Å². The van der Waals surface area contributed by atoms with Crippen LogP contribution >= 0.6 is 0 Å². The van der Waals surface area contributed by atoms with Crippen LogP contribution in [-0.2, 0) is 4.74 Å². The maximum absolute atomic E-state index is 11.4. The van der Waals surface area contributed by atoms with Gasteiger partial charge in [-0.2, -0.15) is 5.26 Å². The minimum Gasteiger partial charge on any atom is -0.444 e. The third kappa shape index (κ3) is 2.60. The monoisotopic (exact) mass is 189 g/mol. The first-order valence-electron chi connectivity index (χ1n) is 4.30. The Bertz CT molecular complexity index is 379. The van der Waals surface area contributed by atoms with Crippen molar-refractivity contribution in [3.63, 3.8) is 0 Å². The Labute approximate surface area is 82.9 Å². The van der Waals surface area contributed by atoms with Gasteiger partial charge >= 0.3 is 5.97 Å². The van der Waals surface area contributed by atoms with Crippen molar-refractivity contribution in [1.82, 2.24) is 0 Å². The second kappa shape index (κ2) is 4.43. The van der Waals surface area contributed by atoms with E-state index in [2.05, 4.69) is 0 Å². The SMILES string of the molecule is Cc1cccc(C(=O)OC(C)C#N)c1. The molecule has 0 fully saturated rings. The molecule has 1 atom stereocenters. The highest BCUT2D eigenvalue weighted by Crippen LogP contribution is 2.06. The fraction of sp³-hybridized carbons (Fsp3) is 0.273. The van der Waals surface area contributed by atoms with E-state index in [1.807, 2.05) is 19.1 Å². The van der Waals surface area contributed by atoms with E-state index in [9.17, 15) is 4.79 Å². The van der Waals surface area contributed by atoms with Gasteiger partial charge in [0.15, 0.2) is 6.10 Å². The molecule has 0 bridgehead atoms. The van der Waals surface area contributed by atoms with Gasteiger partial charge in [-0.3, -0.25) is 0 Å². The fourth-order valence-electron chi connectivity index (χ4n) is 1.03. The Morgan fingerprint density at radius 1 is 1.57 bits per heavy atom. The average molecular weight is 189 g/mol. The predicted molar refractivity (Wildman–Crippen MR) is 51.7 cm³/mol. The van der Waals surface area contributed by atoms with E-state index in [0.717, 1.165) is 5.56 Å². The lowest BCUT2D eigenvalue weighted by atomic mass is 10.1. The molecule has 3 heteroatoms. The molecule has 0 amide bonds. The van der Waals surface area contributed by atoms with Crippen molar-refractivity contribution in [2.24, 2.45) is 0 Å². The number of carbonyl (C=O) groups excluding carboxylic acids is 1. The molecule has 0 spiro atoms. The Morgan fingerprint density at radius 3 is 2.86 bits per heavy atom. The molecule has 0 aromatic heterocycles. The number of benzene rings is 1. The van der Waals surface area contributed by atoms with Crippen LogP contribution in [0.5, 0.6) is 0 Å². The quantitative estimate of drug-likeness (QED) is 0.669. The standard InChI is InChI=1S/C11H11NO2/c1-8-4-3-5-10(6-8)11(13)14-9(2)7-12/h3-6,9H,1-2H3. The lowest BCUT2D eigenvalue weighted by molar-refractivity contribution is 0.0435. The van der Waals surface area contributed by atoms with Crippen molar-refractivity contribution in [1.29, 1.82) is 5.26 Å². The molecule has 0 heterocycles. The maximum Gasteiger partial charge on any atom is 0.339 e. The molecule has 1 aromatic rings. The Kier molecular flexibility index (Phi) is 3.24. The number of hydrogen-bond donors (Lipinski definition) is 0. The molecule has 14 heavy (non-hydrogen) atoms. The number of nitrogens with zero attached hydrogens (tertiary/aromatic N) is 1. The van der Waals surface area contributed by atoms with E-state index >= 15 is 0 Å². The summed E-state index contributed by atoms with van der Waals surface area (Å²) in [6, 6.07) is 8.91. The Hall–Kier alpha value is -1.82. The smallest absolute Gasteiger partial charge is 0.339 e. The zero-order valence-electron chi connectivity index (χ0n) is 8.15. The summed E-state index contributed by atoms with van der Waals surface area (Å²) in [6.45, 7) is 3.43. The van der Waals surface area contributed by atoms with Crippen LogP contribution < -0.4 is 0 Å². The molecule has 1 unspecified atom stereocenters. The summed E-state index contributed by atoms with van der Waals surface area (Å²) < 4.78 is 4.84. The van der Waals surface area contributed by atoms with Gasteiger partial charge in [-0.15, -0.1) is 0 Å². The summed E-state index contributed by atoms with van der Waals surface area (Å²) in [5.74, 6) is -0.456. The maximum atomic E-state index is 11.4. The van der Waals surface area contributed by atoms with E-state index in [1.165, 1.54) is 6.92 Å². The van der Waals surface area contributed by atoms with Crippen LogP contribution in [0.15, 0.2) is 24.3 Å². The summed E-state index contributed by atoms with van der Waals surface area (Å²) in [7, 11) is 0. The van der Waals surface area contributed by atoms with Crippen molar-refractivity contribution < 1.29 is 9.53 Å². The molecule has 3 nitrogen and oxygen atoms in total. The van der Waals surface area contributed by atoms with Crippen LogP contribution in [-0.4, -0.2) is 12.1 Å². The summed E-state index contributed by atoms with van der Waals surface area (Å²) >= 11 is 0. The van der Waals surface area contributed by atoms with Gasteiger partial charge in [0, 0.05) is 0 Å². The van der Waals surface area contributed by atoms with Crippen molar-refractivity contribution in [2.75, 3.05) is 0 Å². The first-order chi connectivity index (χ1) is 6.63. The van der Waals surface area contributed by atoms with Gasteiger partial charge in [0.1, 0.15) is 6.07 Å². The summed E-state index contributed by atoms with van der Waals surface area (Å²) in [4.78, 5) is 11.4. The van der Waals surface area contributed by atoms with E-state index < -0.39 is 12.1 Å². The van der Waals surface area contributed by atoms with E-state index in [1.54, 1.807) is 18.2 Å². The molecule has 1 aromatic carbocycles. The Balaban J connectivity index is 2.76. The molecule has 0 saturated carbocycles. The fourth-order valence-corrected chi connectivity index (χ4v) is 1.03. The van der Waals surface area contributed by atoms with Crippen molar-refractivity contribution in [3.8, 4) is 6.07 Å². The van der Waals surface area contributed by atoms with Crippen LogP contribution in [0.1, 0.15) is 22.8 Å². The van der Waals surface area contributed by atoms with Crippen LogP contribution in [0, 0.1) is 18.3 Å². The lowest BCUT2D eigenvalue weighted by Gasteiger charge is -2.05. The van der Waals surface area contributed by atoms with Gasteiger partial charge in [0.05, 0.1) is 5.56 Å². The zero-order valence-corrected chi connectivity index (χ0v) is 8.15. The molecule has 0 N–H and O–H groups in total. The number of rotatable bonds is 2. The molecule has 0 aliphatic rings. The zero-order chi connectivity index (χ0) is 10.6. The van der Waals surface area contributed by atoms with E-state index in [4.69, 9.17) is 10.00 Å². The van der Waals surface area contributed by atoms with Crippen LogP contribution in [0.3, 0.4) is 0 Å². The second-order valence-electron chi connectivity index (χ2n) is 3.05.